The maximum absolute atomic E-state index is 13.2. The van der Waals surface area contributed by atoms with Crippen molar-refractivity contribution in [3.63, 3.8) is 0 Å². The summed E-state index contributed by atoms with van der Waals surface area (Å²) in [5.41, 5.74) is 4.31. The quantitative estimate of drug-likeness (QED) is 0.918. The van der Waals surface area contributed by atoms with Crippen LogP contribution in [0.3, 0.4) is 0 Å². The fraction of sp³-hybridized carbons (Fsp3) is 0.412. The minimum Gasteiger partial charge on any atom is -0.312 e. The molecule has 3 nitrogen and oxygen atoms in total. The number of nitrogens with one attached hydrogen (secondary N) is 1. The average Bonchev–Trinajstić information content (AvgIpc) is 2.45. The van der Waals surface area contributed by atoms with Crippen LogP contribution in [0.4, 0.5) is 4.39 Å². The molecule has 0 atom stereocenters. The van der Waals surface area contributed by atoms with Crippen LogP contribution < -0.4 is 5.32 Å². The third-order valence-electron chi connectivity index (χ3n) is 4.54. The van der Waals surface area contributed by atoms with Gasteiger partial charge in [0.05, 0.1) is 11.4 Å². The predicted molar refractivity (Wildman–Crippen MR) is 86.7 cm³/mol. The Kier molecular flexibility index (Phi) is 4.41. The number of rotatable bonds is 2. The summed E-state index contributed by atoms with van der Waals surface area (Å²) >= 11 is 0. The SMILES string of the molecule is Cl.Fc1ccc(-c2nc(C3CCC3)nc3c2CNCC3)cc1. The maximum Gasteiger partial charge on any atom is 0.132 e. The number of nitrogens with zero attached hydrogens (tertiary/aromatic N) is 2. The molecular formula is C17H19ClFN3. The summed E-state index contributed by atoms with van der Waals surface area (Å²) in [5, 5.41) is 3.39. The van der Waals surface area contributed by atoms with E-state index in [0.29, 0.717) is 5.92 Å². The molecule has 2 aromatic rings. The fourth-order valence-electron chi connectivity index (χ4n) is 3.06. The van der Waals surface area contributed by atoms with Crippen molar-refractivity contribution in [2.75, 3.05) is 6.54 Å². The van der Waals surface area contributed by atoms with E-state index in [2.05, 4.69) is 5.32 Å². The smallest absolute Gasteiger partial charge is 0.132 e. The van der Waals surface area contributed by atoms with Gasteiger partial charge in [0.15, 0.2) is 0 Å². The Morgan fingerprint density at radius 2 is 1.86 bits per heavy atom. The summed E-state index contributed by atoms with van der Waals surface area (Å²) in [4.78, 5) is 9.65. The molecule has 2 heterocycles. The lowest BCUT2D eigenvalue weighted by Crippen LogP contribution is -2.27. The topological polar surface area (TPSA) is 37.8 Å². The van der Waals surface area contributed by atoms with Gasteiger partial charge in [-0.3, -0.25) is 0 Å². The Hall–Kier alpha value is -1.52. The van der Waals surface area contributed by atoms with Crippen molar-refractivity contribution in [3.05, 3.63) is 47.2 Å². The van der Waals surface area contributed by atoms with Crippen molar-refractivity contribution in [2.45, 2.75) is 38.1 Å². The molecule has 1 aliphatic carbocycles. The van der Waals surface area contributed by atoms with Gasteiger partial charge in [-0.25, -0.2) is 14.4 Å². The van der Waals surface area contributed by atoms with Crippen LogP contribution >= 0.6 is 12.4 Å². The van der Waals surface area contributed by atoms with E-state index in [1.165, 1.54) is 42.7 Å². The van der Waals surface area contributed by atoms with E-state index in [0.717, 1.165) is 36.6 Å². The number of hydrogen-bond donors (Lipinski definition) is 1. The number of benzene rings is 1. The zero-order valence-corrected chi connectivity index (χ0v) is 13.1. The molecule has 1 fully saturated rings. The second-order valence-corrected chi connectivity index (χ2v) is 5.92. The number of hydrogen-bond acceptors (Lipinski definition) is 3. The van der Waals surface area contributed by atoms with Gasteiger partial charge in [-0.05, 0) is 37.1 Å². The molecule has 22 heavy (non-hydrogen) atoms. The lowest BCUT2D eigenvalue weighted by atomic mass is 9.84. The number of fused-ring (bicyclic) bond motifs is 1. The molecular weight excluding hydrogens is 301 g/mol. The second kappa shape index (κ2) is 6.31. The van der Waals surface area contributed by atoms with Crippen LogP contribution in [0.2, 0.25) is 0 Å². The molecule has 4 rings (SSSR count). The van der Waals surface area contributed by atoms with E-state index in [9.17, 15) is 4.39 Å². The first-order valence-corrected chi connectivity index (χ1v) is 7.67. The minimum atomic E-state index is -0.209. The Bertz CT molecular complexity index is 668. The Morgan fingerprint density at radius 3 is 2.55 bits per heavy atom. The molecule has 0 spiro atoms. The van der Waals surface area contributed by atoms with Crippen molar-refractivity contribution < 1.29 is 4.39 Å². The lowest BCUT2D eigenvalue weighted by molar-refractivity contribution is 0.399. The highest BCUT2D eigenvalue weighted by Crippen LogP contribution is 2.36. The highest BCUT2D eigenvalue weighted by Gasteiger charge is 2.26. The van der Waals surface area contributed by atoms with Crippen LogP contribution in [-0.2, 0) is 13.0 Å². The molecule has 1 saturated carbocycles. The Morgan fingerprint density at radius 1 is 1.09 bits per heavy atom. The van der Waals surface area contributed by atoms with Gasteiger partial charge in [0.1, 0.15) is 11.6 Å². The normalized spacial score (nSPS) is 17.3. The summed E-state index contributed by atoms with van der Waals surface area (Å²) in [6, 6.07) is 6.64. The summed E-state index contributed by atoms with van der Waals surface area (Å²) in [6.45, 7) is 1.77. The van der Waals surface area contributed by atoms with E-state index in [-0.39, 0.29) is 18.2 Å². The molecule has 0 unspecified atom stereocenters. The molecule has 1 aliphatic heterocycles. The highest BCUT2D eigenvalue weighted by molar-refractivity contribution is 5.85. The van der Waals surface area contributed by atoms with Gasteiger partial charge < -0.3 is 5.32 Å². The third kappa shape index (κ3) is 2.73. The maximum atomic E-state index is 13.2. The first-order chi connectivity index (χ1) is 10.3. The van der Waals surface area contributed by atoms with E-state index >= 15 is 0 Å². The van der Waals surface area contributed by atoms with Gasteiger partial charge in [-0.15, -0.1) is 12.4 Å². The van der Waals surface area contributed by atoms with Crippen molar-refractivity contribution in [3.8, 4) is 11.3 Å². The summed E-state index contributed by atoms with van der Waals surface area (Å²) in [6.07, 6.45) is 4.62. The van der Waals surface area contributed by atoms with E-state index in [1.807, 2.05) is 12.1 Å². The molecule has 5 heteroatoms. The monoisotopic (exact) mass is 319 g/mol. The summed E-state index contributed by atoms with van der Waals surface area (Å²) in [7, 11) is 0. The zero-order valence-electron chi connectivity index (χ0n) is 12.3. The Labute approximate surface area is 135 Å². The highest BCUT2D eigenvalue weighted by atomic mass is 35.5. The summed E-state index contributed by atoms with van der Waals surface area (Å²) < 4.78 is 13.2. The van der Waals surface area contributed by atoms with E-state index < -0.39 is 0 Å². The van der Waals surface area contributed by atoms with Gasteiger partial charge in [0.2, 0.25) is 0 Å². The standard InChI is InChI=1S/C17H18FN3.ClH/c18-13-6-4-11(5-7-13)16-14-10-19-9-8-15(14)20-17(21-16)12-2-1-3-12;/h4-7,12,19H,1-3,8-10H2;1H. The van der Waals surface area contributed by atoms with Crippen LogP contribution in [0.1, 0.15) is 42.3 Å². The largest absolute Gasteiger partial charge is 0.312 e. The van der Waals surface area contributed by atoms with Crippen LogP contribution in [0, 0.1) is 5.82 Å². The zero-order chi connectivity index (χ0) is 14.2. The second-order valence-electron chi connectivity index (χ2n) is 5.92. The fourth-order valence-corrected chi connectivity index (χ4v) is 3.06. The van der Waals surface area contributed by atoms with Gasteiger partial charge in [-0.2, -0.15) is 0 Å². The molecule has 116 valence electrons. The van der Waals surface area contributed by atoms with Gasteiger partial charge in [-0.1, -0.05) is 6.42 Å². The van der Waals surface area contributed by atoms with Crippen molar-refractivity contribution in [1.29, 1.82) is 0 Å². The molecule has 0 amide bonds. The van der Waals surface area contributed by atoms with E-state index in [1.54, 1.807) is 0 Å². The van der Waals surface area contributed by atoms with E-state index in [4.69, 9.17) is 9.97 Å². The predicted octanol–water partition coefficient (Wildman–Crippen LogP) is 3.62. The van der Waals surface area contributed by atoms with Crippen molar-refractivity contribution in [1.82, 2.24) is 15.3 Å². The number of halogens is 2. The molecule has 1 aromatic carbocycles. The molecule has 0 saturated heterocycles. The third-order valence-corrected chi connectivity index (χ3v) is 4.54. The van der Waals surface area contributed by atoms with Gasteiger partial charge in [0.25, 0.3) is 0 Å². The van der Waals surface area contributed by atoms with Gasteiger partial charge >= 0.3 is 0 Å². The van der Waals surface area contributed by atoms with Crippen LogP contribution in [-0.4, -0.2) is 16.5 Å². The average molecular weight is 320 g/mol. The molecule has 2 aliphatic rings. The molecule has 1 N–H and O–H groups in total. The first-order valence-electron chi connectivity index (χ1n) is 7.67. The van der Waals surface area contributed by atoms with Crippen molar-refractivity contribution in [2.24, 2.45) is 0 Å². The Balaban J connectivity index is 0.00000144. The first kappa shape index (κ1) is 15.4. The van der Waals surface area contributed by atoms with Crippen LogP contribution in [0.5, 0.6) is 0 Å². The lowest BCUT2D eigenvalue weighted by Gasteiger charge is -2.27. The van der Waals surface area contributed by atoms with Gasteiger partial charge in [0, 0.05) is 36.6 Å². The molecule has 0 bridgehead atoms. The summed E-state index contributed by atoms with van der Waals surface area (Å²) in [5.74, 6) is 1.30. The minimum absolute atomic E-state index is 0. The van der Waals surface area contributed by atoms with Crippen LogP contribution in [0.15, 0.2) is 24.3 Å². The van der Waals surface area contributed by atoms with Crippen molar-refractivity contribution >= 4 is 12.4 Å². The van der Waals surface area contributed by atoms with Crippen LogP contribution in [0.25, 0.3) is 11.3 Å². The molecule has 1 aromatic heterocycles. The number of aromatic nitrogens is 2. The molecule has 0 radical (unpaired) electrons.